The van der Waals surface area contributed by atoms with E-state index in [1.807, 2.05) is 19.0 Å². The number of aliphatic hydroxyl groups is 2. The van der Waals surface area contributed by atoms with Crippen LogP contribution in [0.1, 0.15) is 84.4 Å². The van der Waals surface area contributed by atoms with Crippen LogP contribution < -0.4 is 10.6 Å². The van der Waals surface area contributed by atoms with E-state index < -0.39 is 0 Å². The molecule has 0 saturated heterocycles. The maximum Gasteiger partial charge on any atom is 0.229 e. The lowest BCUT2D eigenvalue weighted by Crippen LogP contribution is -2.58. The predicted molar refractivity (Wildman–Crippen MR) is 139 cm³/mol. The number of nitrogens with two attached hydrogens (primary N) is 1. The van der Waals surface area contributed by atoms with Gasteiger partial charge in [0.25, 0.3) is 0 Å². The number of fused-ring (bicyclic) bond motifs is 5. The van der Waals surface area contributed by atoms with E-state index >= 15 is 0 Å². The zero-order valence-corrected chi connectivity index (χ0v) is 22.5. The number of rotatable bonds is 5. The molecule has 0 radical (unpaired) electrons. The third kappa shape index (κ3) is 4.24. The molecule has 35 heavy (non-hydrogen) atoms. The van der Waals surface area contributed by atoms with Crippen LogP contribution in [0.3, 0.4) is 0 Å². The first-order valence-electron chi connectivity index (χ1n) is 14.1. The molecule has 0 unspecified atom stereocenters. The van der Waals surface area contributed by atoms with E-state index in [1.165, 1.54) is 25.7 Å². The third-order valence-corrected chi connectivity index (χ3v) is 11.3. The summed E-state index contributed by atoms with van der Waals surface area (Å²) in [5.74, 6) is 5.08. The van der Waals surface area contributed by atoms with Crippen molar-refractivity contribution in [2.75, 3.05) is 24.7 Å². The van der Waals surface area contributed by atoms with E-state index in [9.17, 15) is 10.2 Å². The molecule has 4 saturated carbocycles. The minimum Gasteiger partial charge on any atom is -0.393 e. The van der Waals surface area contributed by atoms with Crippen LogP contribution in [-0.4, -0.2) is 51.5 Å². The molecule has 4 aliphatic carbocycles. The molecule has 0 aromatic carbocycles. The van der Waals surface area contributed by atoms with Crippen LogP contribution in [-0.2, 0) is 6.42 Å². The van der Waals surface area contributed by atoms with Crippen LogP contribution in [0.25, 0.3) is 0 Å². The highest BCUT2D eigenvalue weighted by Crippen LogP contribution is 2.68. The number of anilines is 2. The van der Waals surface area contributed by atoms with Gasteiger partial charge in [-0.15, -0.1) is 0 Å². The van der Waals surface area contributed by atoms with Gasteiger partial charge >= 0.3 is 0 Å². The molecule has 5 rings (SSSR count). The SMILES string of the molecule is C[C@H](CCc1nc(N)nc(N(C)C)n1)[C@H]1CC[C@H]2[C@@H]3[C@@H](O)C[C@@H]4C[C@H](O)CC[C@]4(C)[C@H]3CC[C@]12C. The first-order valence-corrected chi connectivity index (χ1v) is 14.1. The Balaban J connectivity index is 1.30. The number of nitrogen functional groups attached to an aromatic ring is 1. The van der Waals surface area contributed by atoms with Crippen LogP contribution in [0.4, 0.5) is 11.9 Å². The maximum absolute atomic E-state index is 11.5. The molecule has 0 amide bonds. The summed E-state index contributed by atoms with van der Waals surface area (Å²) in [6.45, 7) is 7.45. The largest absolute Gasteiger partial charge is 0.393 e. The normalized spacial score (nSPS) is 43.7. The molecule has 7 heteroatoms. The van der Waals surface area contributed by atoms with Crippen molar-refractivity contribution >= 4 is 11.9 Å². The second kappa shape index (κ2) is 9.13. The molecule has 7 nitrogen and oxygen atoms in total. The number of hydrogen-bond acceptors (Lipinski definition) is 7. The van der Waals surface area contributed by atoms with Gasteiger partial charge in [0.05, 0.1) is 12.2 Å². The highest BCUT2D eigenvalue weighted by Gasteiger charge is 2.62. The second-order valence-electron chi connectivity index (χ2n) is 13.3. The summed E-state index contributed by atoms with van der Waals surface area (Å²) in [5, 5.41) is 21.8. The zero-order chi connectivity index (χ0) is 25.1. The van der Waals surface area contributed by atoms with Crippen molar-refractivity contribution in [3.63, 3.8) is 0 Å². The van der Waals surface area contributed by atoms with Gasteiger partial charge in [-0.2, -0.15) is 15.0 Å². The Morgan fingerprint density at radius 3 is 2.43 bits per heavy atom. The first kappa shape index (κ1) is 25.2. The lowest BCUT2D eigenvalue weighted by atomic mass is 9.43. The molecule has 1 aromatic heterocycles. The Labute approximate surface area is 211 Å². The molecular formula is C28H47N5O2. The van der Waals surface area contributed by atoms with Crippen molar-refractivity contribution in [1.82, 2.24) is 15.0 Å². The fourth-order valence-corrected chi connectivity index (χ4v) is 9.47. The number of aromatic nitrogens is 3. The standard InChI is InChI=1S/C28H47N5O2/c1-16(6-9-23-30-25(29)32-26(31-23)33(4)5)19-7-8-20-24-21(11-13-28(19,20)3)27(2)12-10-18(34)14-17(27)15-22(24)35/h16-22,24,34-35H,6-15H2,1-5H3,(H2,29,30,31,32)/t16-,17+,18-,19-,20+,21+,22+,24+,27+,28-/m1/s1. The smallest absolute Gasteiger partial charge is 0.229 e. The maximum atomic E-state index is 11.5. The van der Waals surface area contributed by atoms with Gasteiger partial charge in [0.15, 0.2) is 0 Å². The number of aryl methyl sites for hydroxylation is 1. The molecule has 0 aliphatic heterocycles. The minimum atomic E-state index is -0.209. The van der Waals surface area contributed by atoms with Crippen LogP contribution in [0.2, 0.25) is 0 Å². The summed E-state index contributed by atoms with van der Waals surface area (Å²) in [4.78, 5) is 15.1. The van der Waals surface area contributed by atoms with Gasteiger partial charge in [-0.3, -0.25) is 0 Å². The molecule has 0 spiro atoms. The van der Waals surface area contributed by atoms with E-state index in [2.05, 4.69) is 35.7 Å². The highest BCUT2D eigenvalue weighted by molar-refractivity contribution is 5.32. The van der Waals surface area contributed by atoms with Crippen molar-refractivity contribution in [2.45, 2.75) is 97.2 Å². The molecule has 196 valence electrons. The monoisotopic (exact) mass is 485 g/mol. The summed E-state index contributed by atoms with van der Waals surface area (Å²) in [6.07, 6.45) is 10.3. The first-order chi connectivity index (χ1) is 16.5. The Kier molecular flexibility index (Phi) is 6.57. The van der Waals surface area contributed by atoms with Crippen molar-refractivity contribution in [1.29, 1.82) is 0 Å². The second-order valence-corrected chi connectivity index (χ2v) is 13.3. The van der Waals surface area contributed by atoms with Crippen LogP contribution >= 0.6 is 0 Å². The fraction of sp³-hybridized carbons (Fsp3) is 0.893. The van der Waals surface area contributed by atoms with Crippen LogP contribution in [0.15, 0.2) is 0 Å². The highest BCUT2D eigenvalue weighted by atomic mass is 16.3. The van der Waals surface area contributed by atoms with Gasteiger partial charge in [0.2, 0.25) is 11.9 Å². The summed E-state index contributed by atoms with van der Waals surface area (Å²) in [7, 11) is 3.85. The molecule has 4 N–H and O–H groups in total. The molecule has 4 fully saturated rings. The molecule has 10 atom stereocenters. The van der Waals surface area contributed by atoms with E-state index in [-0.39, 0.29) is 17.6 Å². The third-order valence-electron chi connectivity index (χ3n) is 11.3. The Morgan fingerprint density at radius 2 is 1.69 bits per heavy atom. The van der Waals surface area contributed by atoms with Gasteiger partial charge in [-0.05, 0) is 104 Å². The van der Waals surface area contributed by atoms with Crippen molar-refractivity contribution < 1.29 is 10.2 Å². The molecule has 4 aliphatic rings. The van der Waals surface area contributed by atoms with E-state index in [4.69, 9.17) is 5.73 Å². The average Bonchev–Trinajstić information content (AvgIpc) is 3.15. The van der Waals surface area contributed by atoms with Gasteiger partial charge in [0.1, 0.15) is 5.82 Å². The van der Waals surface area contributed by atoms with E-state index in [0.29, 0.717) is 52.8 Å². The lowest BCUT2D eigenvalue weighted by Gasteiger charge is -2.62. The van der Waals surface area contributed by atoms with E-state index in [1.54, 1.807) is 0 Å². The summed E-state index contributed by atoms with van der Waals surface area (Å²) in [5.41, 5.74) is 6.53. The number of nitrogens with zero attached hydrogens (tertiary/aromatic N) is 4. The summed E-state index contributed by atoms with van der Waals surface area (Å²) >= 11 is 0. The van der Waals surface area contributed by atoms with Crippen LogP contribution in [0.5, 0.6) is 0 Å². The average molecular weight is 486 g/mol. The van der Waals surface area contributed by atoms with Gasteiger partial charge in [-0.25, -0.2) is 0 Å². The Morgan fingerprint density at radius 1 is 0.971 bits per heavy atom. The van der Waals surface area contributed by atoms with Gasteiger partial charge in [-0.1, -0.05) is 20.8 Å². The van der Waals surface area contributed by atoms with Crippen molar-refractivity contribution in [3.8, 4) is 0 Å². The van der Waals surface area contributed by atoms with Gasteiger partial charge < -0.3 is 20.8 Å². The topological polar surface area (TPSA) is 108 Å². The van der Waals surface area contributed by atoms with Crippen molar-refractivity contribution in [2.24, 2.45) is 46.3 Å². The van der Waals surface area contributed by atoms with Gasteiger partial charge in [0, 0.05) is 20.5 Å². The summed E-state index contributed by atoms with van der Waals surface area (Å²) in [6, 6.07) is 0. The number of hydrogen-bond donors (Lipinski definition) is 3. The molecular weight excluding hydrogens is 438 g/mol. The van der Waals surface area contributed by atoms with E-state index in [0.717, 1.165) is 44.3 Å². The zero-order valence-electron chi connectivity index (χ0n) is 22.5. The quantitative estimate of drug-likeness (QED) is 0.577. The van der Waals surface area contributed by atoms with Crippen molar-refractivity contribution in [3.05, 3.63) is 5.82 Å². The Hall–Kier alpha value is -1.47. The fourth-order valence-electron chi connectivity index (χ4n) is 9.47. The molecule has 1 aromatic rings. The van der Waals surface area contributed by atoms with Crippen LogP contribution in [0, 0.1) is 46.3 Å². The minimum absolute atomic E-state index is 0.170. The summed E-state index contributed by atoms with van der Waals surface area (Å²) < 4.78 is 0. The number of aliphatic hydroxyl groups excluding tert-OH is 2. The molecule has 1 heterocycles. The Bertz CT molecular complexity index is 927. The lowest BCUT2D eigenvalue weighted by molar-refractivity contribution is -0.174. The predicted octanol–water partition coefficient (Wildman–Crippen LogP) is 4.08. The molecule has 0 bridgehead atoms.